The van der Waals surface area contributed by atoms with E-state index in [4.69, 9.17) is 0 Å². The third-order valence-corrected chi connectivity index (χ3v) is 6.03. The monoisotopic (exact) mass is 493 g/mol. The van der Waals surface area contributed by atoms with Crippen molar-refractivity contribution < 1.29 is 14.5 Å². The van der Waals surface area contributed by atoms with E-state index in [-0.39, 0.29) is 23.9 Å². The van der Waals surface area contributed by atoms with Crippen molar-refractivity contribution in [1.82, 2.24) is 5.32 Å². The Balaban J connectivity index is 1.63. The third kappa shape index (κ3) is 6.67. The highest BCUT2D eigenvalue weighted by Gasteiger charge is 2.28. The van der Waals surface area contributed by atoms with Gasteiger partial charge in [-0.3, -0.25) is 19.7 Å². The summed E-state index contributed by atoms with van der Waals surface area (Å²) < 4.78 is 0. The summed E-state index contributed by atoms with van der Waals surface area (Å²) in [4.78, 5) is 37.7. The van der Waals surface area contributed by atoms with Crippen molar-refractivity contribution in [3.05, 3.63) is 142 Å². The smallest absolute Gasteiger partial charge is 0.269 e. The average molecular weight is 494 g/mol. The molecule has 37 heavy (non-hydrogen) atoms. The highest BCUT2D eigenvalue weighted by molar-refractivity contribution is 5.99. The van der Waals surface area contributed by atoms with Crippen molar-refractivity contribution in [3.63, 3.8) is 0 Å². The molecule has 0 heterocycles. The van der Waals surface area contributed by atoms with Gasteiger partial charge in [0.1, 0.15) is 6.04 Å². The molecule has 2 amide bonds. The minimum Gasteiger partial charge on any atom is -0.343 e. The Bertz CT molecular complexity index is 1330. The van der Waals surface area contributed by atoms with E-state index >= 15 is 0 Å². The molecule has 0 unspecified atom stereocenters. The van der Waals surface area contributed by atoms with Crippen LogP contribution in [0.1, 0.15) is 28.2 Å². The van der Waals surface area contributed by atoms with Gasteiger partial charge in [-0.1, -0.05) is 84.9 Å². The van der Waals surface area contributed by atoms with Crippen molar-refractivity contribution in [2.45, 2.75) is 25.3 Å². The Hall–Kier alpha value is -4.78. The second kappa shape index (κ2) is 11.8. The first-order valence-corrected chi connectivity index (χ1v) is 11.9. The van der Waals surface area contributed by atoms with Crippen molar-refractivity contribution in [1.29, 1.82) is 0 Å². The number of nitrogens with zero attached hydrogens (tertiary/aromatic N) is 1. The SMILES string of the molecule is Cc1cccc(NC(=O)[C@@H](Cc2ccc([N+](=O)[O-])cc2)NC(=O)C(c2ccccc2)c2ccccc2)c1. The first-order valence-electron chi connectivity index (χ1n) is 11.9. The number of hydrogen-bond acceptors (Lipinski definition) is 4. The Labute approximate surface area is 215 Å². The third-order valence-electron chi connectivity index (χ3n) is 6.03. The largest absolute Gasteiger partial charge is 0.343 e. The molecule has 4 aromatic carbocycles. The maximum atomic E-state index is 13.7. The van der Waals surface area contributed by atoms with Crippen LogP contribution in [0.2, 0.25) is 0 Å². The number of carbonyl (C=O) groups excluding carboxylic acids is 2. The van der Waals surface area contributed by atoms with Crippen molar-refractivity contribution in [3.8, 4) is 0 Å². The van der Waals surface area contributed by atoms with E-state index in [0.29, 0.717) is 11.3 Å². The quantitative estimate of drug-likeness (QED) is 0.241. The minimum atomic E-state index is -0.913. The first-order chi connectivity index (χ1) is 17.9. The zero-order valence-electron chi connectivity index (χ0n) is 20.3. The molecule has 7 heteroatoms. The lowest BCUT2D eigenvalue weighted by Gasteiger charge is -2.23. The van der Waals surface area contributed by atoms with E-state index < -0.39 is 16.9 Å². The van der Waals surface area contributed by atoms with E-state index in [1.54, 1.807) is 18.2 Å². The van der Waals surface area contributed by atoms with Crippen LogP contribution < -0.4 is 10.6 Å². The van der Waals surface area contributed by atoms with Crippen LogP contribution in [0, 0.1) is 17.0 Å². The Morgan fingerprint density at radius 3 is 1.92 bits per heavy atom. The summed E-state index contributed by atoms with van der Waals surface area (Å²) in [5.74, 6) is -1.31. The number of hydrogen-bond donors (Lipinski definition) is 2. The van der Waals surface area contributed by atoms with Crippen LogP contribution in [0.5, 0.6) is 0 Å². The fraction of sp³-hybridized carbons (Fsp3) is 0.133. The predicted molar refractivity (Wildman–Crippen MR) is 143 cm³/mol. The molecule has 0 aromatic heterocycles. The number of nitro groups is 1. The normalized spacial score (nSPS) is 11.5. The van der Waals surface area contributed by atoms with Crippen LogP contribution >= 0.6 is 0 Å². The molecule has 0 bridgehead atoms. The second-order valence-corrected chi connectivity index (χ2v) is 8.80. The molecule has 0 aliphatic carbocycles. The van der Waals surface area contributed by atoms with Gasteiger partial charge in [-0.05, 0) is 41.3 Å². The van der Waals surface area contributed by atoms with Gasteiger partial charge in [0.05, 0.1) is 10.8 Å². The number of anilines is 1. The molecule has 7 nitrogen and oxygen atoms in total. The first kappa shape index (κ1) is 25.3. The molecule has 0 fully saturated rings. The summed E-state index contributed by atoms with van der Waals surface area (Å²) in [5.41, 5.74) is 3.87. The molecular formula is C30H27N3O4. The van der Waals surface area contributed by atoms with Gasteiger partial charge in [0.15, 0.2) is 0 Å². The molecule has 0 saturated carbocycles. The minimum absolute atomic E-state index is 0.0400. The van der Waals surface area contributed by atoms with Gasteiger partial charge in [-0.15, -0.1) is 0 Å². The highest BCUT2D eigenvalue weighted by Crippen LogP contribution is 2.25. The molecule has 0 aliphatic rings. The molecule has 0 saturated heterocycles. The molecular weight excluding hydrogens is 466 g/mol. The zero-order chi connectivity index (χ0) is 26.2. The summed E-state index contributed by atoms with van der Waals surface area (Å²) >= 11 is 0. The van der Waals surface area contributed by atoms with Crippen molar-refractivity contribution in [2.75, 3.05) is 5.32 Å². The number of nitrogens with one attached hydrogen (secondary N) is 2. The Morgan fingerprint density at radius 2 is 1.38 bits per heavy atom. The van der Waals surface area contributed by atoms with Crippen LogP contribution in [-0.4, -0.2) is 22.8 Å². The molecule has 186 valence electrons. The highest BCUT2D eigenvalue weighted by atomic mass is 16.6. The maximum Gasteiger partial charge on any atom is 0.269 e. The van der Waals surface area contributed by atoms with Crippen LogP contribution in [0.15, 0.2) is 109 Å². The van der Waals surface area contributed by atoms with Crippen LogP contribution in [0.3, 0.4) is 0 Å². The number of rotatable bonds is 9. The molecule has 0 spiro atoms. The van der Waals surface area contributed by atoms with E-state index in [0.717, 1.165) is 16.7 Å². The summed E-state index contributed by atoms with van der Waals surface area (Å²) in [5, 5.41) is 16.9. The maximum absolute atomic E-state index is 13.7. The number of aryl methyl sites for hydroxylation is 1. The van der Waals surface area contributed by atoms with Gasteiger partial charge in [0, 0.05) is 24.2 Å². The van der Waals surface area contributed by atoms with Crippen LogP contribution in [0.4, 0.5) is 11.4 Å². The lowest BCUT2D eigenvalue weighted by molar-refractivity contribution is -0.384. The topological polar surface area (TPSA) is 101 Å². The Morgan fingerprint density at radius 1 is 0.784 bits per heavy atom. The number of nitro benzene ring substituents is 1. The molecule has 0 radical (unpaired) electrons. The van der Waals surface area contributed by atoms with Gasteiger partial charge < -0.3 is 10.6 Å². The molecule has 2 N–H and O–H groups in total. The van der Waals surface area contributed by atoms with Crippen LogP contribution in [-0.2, 0) is 16.0 Å². The lowest BCUT2D eigenvalue weighted by Crippen LogP contribution is -2.47. The Kier molecular flexibility index (Phi) is 8.05. The summed E-state index contributed by atoms with van der Waals surface area (Å²) in [6.45, 7) is 1.93. The number of amides is 2. The fourth-order valence-corrected chi connectivity index (χ4v) is 4.19. The molecule has 4 aromatic rings. The molecule has 1 atom stereocenters. The second-order valence-electron chi connectivity index (χ2n) is 8.80. The summed E-state index contributed by atoms with van der Waals surface area (Å²) in [7, 11) is 0. The number of carbonyl (C=O) groups is 2. The van der Waals surface area contributed by atoms with Gasteiger partial charge >= 0.3 is 0 Å². The van der Waals surface area contributed by atoms with E-state index in [1.165, 1.54) is 12.1 Å². The summed E-state index contributed by atoms with van der Waals surface area (Å²) in [6.07, 6.45) is 0.164. The van der Waals surface area contributed by atoms with Crippen molar-refractivity contribution in [2.24, 2.45) is 0 Å². The van der Waals surface area contributed by atoms with Gasteiger partial charge in [-0.2, -0.15) is 0 Å². The van der Waals surface area contributed by atoms with Crippen LogP contribution in [0.25, 0.3) is 0 Å². The van der Waals surface area contributed by atoms with Gasteiger partial charge in [0.25, 0.3) is 5.69 Å². The van der Waals surface area contributed by atoms with E-state index in [9.17, 15) is 19.7 Å². The number of benzene rings is 4. The average Bonchev–Trinajstić information content (AvgIpc) is 2.90. The predicted octanol–water partition coefficient (Wildman–Crippen LogP) is 5.40. The molecule has 4 rings (SSSR count). The standard InChI is InChI=1S/C30H27N3O4/c1-21-9-8-14-25(19-21)31-29(34)27(20-22-15-17-26(18-16-22)33(36)37)32-30(35)28(23-10-4-2-5-11-23)24-12-6-3-7-13-24/h2-19,27-28H,20H2,1H3,(H,31,34)(H,32,35)/t27-/m1/s1. The number of non-ortho nitro benzene ring substituents is 1. The van der Waals surface area contributed by atoms with Gasteiger partial charge in [0.2, 0.25) is 11.8 Å². The van der Waals surface area contributed by atoms with Gasteiger partial charge in [-0.25, -0.2) is 0 Å². The lowest BCUT2D eigenvalue weighted by atomic mass is 9.90. The van der Waals surface area contributed by atoms with Crippen molar-refractivity contribution >= 4 is 23.2 Å². The van der Waals surface area contributed by atoms with E-state index in [2.05, 4.69) is 10.6 Å². The molecule has 0 aliphatic heterocycles. The van der Waals surface area contributed by atoms with E-state index in [1.807, 2.05) is 85.8 Å². The fourth-order valence-electron chi connectivity index (χ4n) is 4.19. The summed E-state index contributed by atoms with van der Waals surface area (Å²) in [6, 6.07) is 31.3. The zero-order valence-corrected chi connectivity index (χ0v) is 20.3.